The summed E-state index contributed by atoms with van der Waals surface area (Å²) >= 11 is 0.397. The van der Waals surface area contributed by atoms with E-state index < -0.39 is 21.6 Å². The average molecular weight is 384 g/mol. The topological polar surface area (TPSA) is 119 Å². The lowest BCUT2D eigenvalue weighted by Crippen LogP contribution is -2.43. The first-order chi connectivity index (χ1) is 10.9. The van der Waals surface area contributed by atoms with E-state index in [1.165, 1.54) is 4.31 Å². The Morgan fingerprint density at radius 3 is 2.74 bits per heavy atom. The zero-order chi connectivity index (χ0) is 17.5. The van der Waals surface area contributed by atoms with Crippen LogP contribution in [0.1, 0.15) is 24.9 Å². The van der Waals surface area contributed by atoms with Crippen LogP contribution < -0.4 is 11.1 Å². The number of sulfonamides is 1. The standard InChI is InChI=1S/C12H21N3O3S2.O2S/c1-3-14-10-8-15(5-4-6-18-2)20(16,17)12-9(10)7-11(13)19-12;1-3-2/h7,10,14H,3-6,8,13H2,1-2H3;/t10-;/m0./s1. The number of likely N-dealkylation sites (N-methyl/N-ethyl adjacent to an activating group) is 1. The van der Waals surface area contributed by atoms with Crippen molar-refractivity contribution in [1.29, 1.82) is 0 Å². The zero-order valence-electron chi connectivity index (χ0n) is 13.0. The van der Waals surface area contributed by atoms with E-state index in [-0.39, 0.29) is 6.04 Å². The van der Waals surface area contributed by atoms with Crippen LogP contribution in [-0.2, 0) is 26.3 Å². The Bertz CT molecular complexity index is 640. The minimum Gasteiger partial charge on any atom is -0.391 e. The Morgan fingerprint density at radius 2 is 2.17 bits per heavy atom. The van der Waals surface area contributed by atoms with Gasteiger partial charge < -0.3 is 15.8 Å². The molecular weight excluding hydrogens is 362 g/mol. The van der Waals surface area contributed by atoms with Gasteiger partial charge in [0.15, 0.2) is 0 Å². The highest BCUT2D eigenvalue weighted by Crippen LogP contribution is 2.39. The van der Waals surface area contributed by atoms with Gasteiger partial charge in [-0.3, -0.25) is 0 Å². The number of nitrogens with one attached hydrogen (secondary N) is 1. The van der Waals surface area contributed by atoms with E-state index in [0.717, 1.165) is 23.4 Å². The van der Waals surface area contributed by atoms with Crippen molar-refractivity contribution >= 4 is 37.9 Å². The lowest BCUT2D eigenvalue weighted by atomic mass is 10.1. The molecule has 132 valence electrons. The minimum atomic E-state index is -3.42. The van der Waals surface area contributed by atoms with E-state index in [4.69, 9.17) is 18.9 Å². The highest BCUT2D eigenvalue weighted by atomic mass is 32.2. The third-order valence-electron chi connectivity index (χ3n) is 3.29. The van der Waals surface area contributed by atoms with Crippen molar-refractivity contribution < 1.29 is 21.6 Å². The number of hydrogen-bond donors (Lipinski definition) is 2. The van der Waals surface area contributed by atoms with Crippen LogP contribution >= 0.6 is 11.3 Å². The smallest absolute Gasteiger partial charge is 0.335 e. The van der Waals surface area contributed by atoms with E-state index in [1.807, 2.05) is 6.92 Å². The molecule has 0 fully saturated rings. The van der Waals surface area contributed by atoms with Gasteiger partial charge in [-0.05, 0) is 19.0 Å². The summed E-state index contributed by atoms with van der Waals surface area (Å²) in [5.74, 6) is 0. The van der Waals surface area contributed by atoms with Crippen LogP contribution in [0.5, 0.6) is 0 Å². The van der Waals surface area contributed by atoms with Gasteiger partial charge in [0.1, 0.15) is 4.21 Å². The fourth-order valence-corrected chi connectivity index (χ4v) is 5.58. The fraction of sp³-hybridized carbons (Fsp3) is 0.667. The Morgan fingerprint density at radius 1 is 1.52 bits per heavy atom. The van der Waals surface area contributed by atoms with Crippen LogP contribution in [0.2, 0.25) is 0 Å². The van der Waals surface area contributed by atoms with Gasteiger partial charge in [0, 0.05) is 38.4 Å². The minimum absolute atomic E-state index is 0.00891. The summed E-state index contributed by atoms with van der Waals surface area (Å²) in [6, 6.07) is 1.78. The van der Waals surface area contributed by atoms with Gasteiger partial charge in [0.05, 0.1) is 5.00 Å². The Kier molecular flexibility index (Phi) is 8.29. The second kappa shape index (κ2) is 9.45. The first kappa shape index (κ1) is 20.2. The van der Waals surface area contributed by atoms with Gasteiger partial charge in [-0.15, -0.1) is 11.3 Å². The highest BCUT2D eigenvalue weighted by molar-refractivity contribution is 7.91. The van der Waals surface area contributed by atoms with Gasteiger partial charge in [-0.1, -0.05) is 6.92 Å². The quantitative estimate of drug-likeness (QED) is 0.680. The molecule has 3 N–H and O–H groups in total. The van der Waals surface area contributed by atoms with Crippen molar-refractivity contribution in [1.82, 2.24) is 9.62 Å². The molecule has 11 heteroatoms. The predicted molar refractivity (Wildman–Crippen MR) is 89.3 cm³/mol. The van der Waals surface area contributed by atoms with Gasteiger partial charge in [-0.2, -0.15) is 12.7 Å². The number of fused-ring (bicyclic) bond motifs is 1. The molecule has 1 aromatic rings. The van der Waals surface area contributed by atoms with Crippen molar-refractivity contribution in [3.63, 3.8) is 0 Å². The largest absolute Gasteiger partial charge is 0.391 e. The van der Waals surface area contributed by atoms with Gasteiger partial charge in [-0.25, -0.2) is 8.42 Å². The van der Waals surface area contributed by atoms with E-state index in [1.54, 1.807) is 13.2 Å². The summed E-state index contributed by atoms with van der Waals surface area (Å²) in [5.41, 5.74) is 6.60. The predicted octanol–water partition coefficient (Wildman–Crippen LogP) is 0.352. The Balaban J connectivity index is 0.000000816. The molecule has 0 aromatic carbocycles. The van der Waals surface area contributed by atoms with Gasteiger partial charge in [0.25, 0.3) is 10.0 Å². The summed E-state index contributed by atoms with van der Waals surface area (Å²) in [6.45, 7) is 4.26. The molecule has 1 aromatic heterocycles. The maximum atomic E-state index is 12.6. The van der Waals surface area contributed by atoms with Crippen LogP contribution in [-0.4, -0.2) is 54.5 Å². The molecule has 1 atom stereocenters. The number of nitrogen functional groups attached to an aromatic ring is 1. The molecule has 1 aliphatic heterocycles. The molecular formula is C12H21N3O5S3. The monoisotopic (exact) mass is 383 g/mol. The number of methoxy groups -OCH3 is 1. The lowest BCUT2D eigenvalue weighted by molar-refractivity contribution is 0.185. The van der Waals surface area contributed by atoms with Crippen molar-refractivity contribution in [2.45, 2.75) is 23.6 Å². The van der Waals surface area contributed by atoms with E-state index in [9.17, 15) is 8.42 Å². The summed E-state index contributed by atoms with van der Waals surface area (Å²) in [6.07, 6.45) is 0.685. The molecule has 0 spiro atoms. The van der Waals surface area contributed by atoms with E-state index in [2.05, 4.69) is 5.32 Å². The molecule has 0 radical (unpaired) electrons. The molecule has 2 heterocycles. The third kappa shape index (κ3) is 5.06. The number of thiophene rings is 1. The molecule has 0 saturated heterocycles. The number of nitrogens with two attached hydrogens (primary N) is 1. The van der Waals surface area contributed by atoms with Crippen LogP contribution in [0.3, 0.4) is 0 Å². The number of rotatable bonds is 6. The molecule has 0 saturated carbocycles. The maximum absolute atomic E-state index is 12.6. The number of hydrogen-bond acceptors (Lipinski definition) is 8. The normalized spacial score (nSPS) is 19.5. The zero-order valence-corrected chi connectivity index (χ0v) is 15.4. The molecule has 0 unspecified atom stereocenters. The second-order valence-corrected chi connectivity index (χ2v) is 8.13. The molecule has 8 nitrogen and oxygen atoms in total. The summed E-state index contributed by atoms with van der Waals surface area (Å²) in [5, 5.41) is 3.87. The maximum Gasteiger partial charge on any atom is 0.335 e. The second-order valence-electron chi connectivity index (χ2n) is 4.78. The van der Waals surface area contributed by atoms with Crippen LogP contribution in [0, 0.1) is 0 Å². The van der Waals surface area contributed by atoms with Crippen molar-refractivity contribution in [3.8, 4) is 0 Å². The first-order valence-electron chi connectivity index (χ1n) is 6.95. The number of nitrogens with zero attached hydrogens (tertiary/aromatic N) is 1. The van der Waals surface area contributed by atoms with Gasteiger partial charge in [0.2, 0.25) is 0 Å². The van der Waals surface area contributed by atoms with Crippen LogP contribution in [0.25, 0.3) is 0 Å². The van der Waals surface area contributed by atoms with Crippen molar-refractivity contribution in [3.05, 3.63) is 11.6 Å². The molecule has 1 aliphatic rings. The Hall–Kier alpha value is -0.850. The molecule has 0 amide bonds. The number of anilines is 1. The molecule has 0 bridgehead atoms. The lowest BCUT2D eigenvalue weighted by Gasteiger charge is -2.32. The highest BCUT2D eigenvalue weighted by Gasteiger charge is 2.38. The van der Waals surface area contributed by atoms with Crippen LogP contribution in [0.15, 0.2) is 10.3 Å². The summed E-state index contributed by atoms with van der Waals surface area (Å²) < 4.78 is 48.6. The molecule has 23 heavy (non-hydrogen) atoms. The van der Waals surface area contributed by atoms with Crippen molar-refractivity contribution in [2.24, 2.45) is 0 Å². The molecule has 2 rings (SSSR count). The van der Waals surface area contributed by atoms with E-state index in [0.29, 0.717) is 35.3 Å². The molecule has 0 aliphatic carbocycles. The van der Waals surface area contributed by atoms with Gasteiger partial charge >= 0.3 is 11.6 Å². The summed E-state index contributed by atoms with van der Waals surface area (Å²) in [4.78, 5) is 0. The first-order valence-corrected chi connectivity index (χ1v) is 9.88. The van der Waals surface area contributed by atoms with E-state index >= 15 is 0 Å². The van der Waals surface area contributed by atoms with Crippen molar-refractivity contribution in [2.75, 3.05) is 39.1 Å². The number of ether oxygens (including phenoxy) is 1. The third-order valence-corrected chi connectivity index (χ3v) is 6.66. The Labute approximate surface area is 143 Å². The van der Waals surface area contributed by atoms with Crippen LogP contribution in [0.4, 0.5) is 5.00 Å². The summed E-state index contributed by atoms with van der Waals surface area (Å²) in [7, 11) is -1.80. The SMILES string of the molecule is CCN[C@H]1CN(CCCOC)S(=O)(=O)c2sc(N)cc21.O=S=O. The average Bonchev–Trinajstić information content (AvgIpc) is 2.88. The fourth-order valence-electron chi connectivity index (χ4n) is 2.39.